The van der Waals surface area contributed by atoms with Crippen molar-refractivity contribution >= 4 is 11.7 Å². The SMILES string of the molecule is CC1CN(C(=O)/C=C/CN(C)C)c2ccnn2C1. The molecule has 0 saturated carbocycles. The first-order valence-corrected chi connectivity index (χ1v) is 6.22. The van der Waals surface area contributed by atoms with Crippen LogP contribution in [-0.4, -0.2) is 47.8 Å². The number of carbonyl (C=O) groups is 1. The molecular weight excluding hydrogens is 228 g/mol. The van der Waals surface area contributed by atoms with E-state index in [4.69, 9.17) is 0 Å². The second kappa shape index (κ2) is 5.35. The van der Waals surface area contributed by atoms with Gasteiger partial charge in [0.2, 0.25) is 0 Å². The van der Waals surface area contributed by atoms with Gasteiger partial charge in [-0.1, -0.05) is 13.0 Å². The topological polar surface area (TPSA) is 41.4 Å². The van der Waals surface area contributed by atoms with Gasteiger partial charge < -0.3 is 4.90 Å². The Bertz CT molecular complexity index is 450. The van der Waals surface area contributed by atoms with Crippen molar-refractivity contribution in [2.45, 2.75) is 13.5 Å². The van der Waals surface area contributed by atoms with E-state index in [9.17, 15) is 4.79 Å². The highest BCUT2D eigenvalue weighted by Crippen LogP contribution is 2.22. The molecule has 1 aliphatic rings. The first-order valence-electron chi connectivity index (χ1n) is 6.22. The number of carbonyl (C=O) groups excluding carboxylic acids is 1. The summed E-state index contributed by atoms with van der Waals surface area (Å²) in [5.41, 5.74) is 0. The first kappa shape index (κ1) is 12.8. The summed E-state index contributed by atoms with van der Waals surface area (Å²) >= 11 is 0. The lowest BCUT2D eigenvalue weighted by Gasteiger charge is -2.30. The highest BCUT2D eigenvalue weighted by Gasteiger charge is 2.25. The van der Waals surface area contributed by atoms with E-state index in [1.165, 1.54) is 0 Å². The molecular formula is C13H20N4O. The van der Waals surface area contributed by atoms with Crippen molar-refractivity contribution in [3.63, 3.8) is 0 Å². The Balaban J connectivity index is 2.10. The molecule has 0 spiro atoms. The summed E-state index contributed by atoms with van der Waals surface area (Å²) in [6.45, 7) is 4.55. The van der Waals surface area contributed by atoms with E-state index in [0.29, 0.717) is 5.92 Å². The number of aromatic nitrogens is 2. The van der Waals surface area contributed by atoms with Crippen LogP contribution >= 0.6 is 0 Å². The van der Waals surface area contributed by atoms with E-state index in [2.05, 4.69) is 12.0 Å². The van der Waals surface area contributed by atoms with E-state index >= 15 is 0 Å². The lowest BCUT2D eigenvalue weighted by molar-refractivity contribution is -0.114. The van der Waals surface area contributed by atoms with Gasteiger partial charge in [0, 0.05) is 31.8 Å². The van der Waals surface area contributed by atoms with E-state index in [1.54, 1.807) is 17.2 Å². The summed E-state index contributed by atoms with van der Waals surface area (Å²) < 4.78 is 1.89. The molecule has 0 aromatic carbocycles. The van der Waals surface area contributed by atoms with Gasteiger partial charge >= 0.3 is 0 Å². The molecule has 0 aliphatic carbocycles. The van der Waals surface area contributed by atoms with Crippen LogP contribution in [-0.2, 0) is 11.3 Å². The van der Waals surface area contributed by atoms with Crippen LogP contribution in [0.25, 0.3) is 0 Å². The average Bonchev–Trinajstić information content (AvgIpc) is 2.74. The third-order valence-corrected chi connectivity index (χ3v) is 2.95. The van der Waals surface area contributed by atoms with Crippen molar-refractivity contribution in [3.8, 4) is 0 Å². The Hall–Kier alpha value is -1.62. The summed E-state index contributed by atoms with van der Waals surface area (Å²) in [6, 6.07) is 1.89. The third-order valence-electron chi connectivity index (χ3n) is 2.95. The van der Waals surface area contributed by atoms with E-state index in [0.717, 1.165) is 25.5 Å². The monoisotopic (exact) mass is 248 g/mol. The van der Waals surface area contributed by atoms with Crippen LogP contribution in [0.5, 0.6) is 0 Å². The van der Waals surface area contributed by atoms with Gasteiger partial charge in [0.1, 0.15) is 5.82 Å². The van der Waals surface area contributed by atoms with Gasteiger partial charge in [-0.25, -0.2) is 4.68 Å². The van der Waals surface area contributed by atoms with Crippen LogP contribution in [0.4, 0.5) is 5.82 Å². The van der Waals surface area contributed by atoms with Gasteiger partial charge in [-0.2, -0.15) is 5.10 Å². The van der Waals surface area contributed by atoms with Gasteiger partial charge in [-0.15, -0.1) is 0 Å². The third kappa shape index (κ3) is 2.79. The van der Waals surface area contributed by atoms with Crippen molar-refractivity contribution in [2.75, 3.05) is 32.1 Å². The number of likely N-dealkylation sites (N-methyl/N-ethyl adjacent to an activating group) is 1. The number of hydrogen-bond acceptors (Lipinski definition) is 3. The van der Waals surface area contributed by atoms with Crippen LogP contribution < -0.4 is 4.90 Å². The van der Waals surface area contributed by atoms with Crippen molar-refractivity contribution < 1.29 is 4.79 Å². The van der Waals surface area contributed by atoms with E-state index in [-0.39, 0.29) is 5.91 Å². The zero-order chi connectivity index (χ0) is 13.1. The Morgan fingerprint density at radius 1 is 1.56 bits per heavy atom. The molecule has 0 N–H and O–H groups in total. The highest BCUT2D eigenvalue weighted by atomic mass is 16.2. The minimum atomic E-state index is 0.0325. The Labute approximate surface area is 108 Å². The first-order chi connectivity index (χ1) is 8.58. The zero-order valence-corrected chi connectivity index (χ0v) is 11.2. The minimum absolute atomic E-state index is 0.0325. The number of amides is 1. The van der Waals surface area contributed by atoms with Gasteiger partial charge in [-0.05, 0) is 20.0 Å². The second-order valence-electron chi connectivity index (χ2n) is 5.09. The average molecular weight is 248 g/mol. The largest absolute Gasteiger partial charge is 0.306 e. The maximum Gasteiger partial charge on any atom is 0.251 e. The lowest BCUT2D eigenvalue weighted by atomic mass is 10.1. The molecule has 5 nitrogen and oxygen atoms in total. The lowest BCUT2D eigenvalue weighted by Crippen LogP contribution is -2.40. The number of fused-ring (bicyclic) bond motifs is 1. The van der Waals surface area contributed by atoms with Crippen LogP contribution in [0.15, 0.2) is 24.4 Å². The summed E-state index contributed by atoms with van der Waals surface area (Å²) in [7, 11) is 3.96. The van der Waals surface area contributed by atoms with E-state index < -0.39 is 0 Å². The van der Waals surface area contributed by atoms with Gasteiger partial charge in [0.25, 0.3) is 5.91 Å². The molecule has 2 rings (SSSR count). The molecule has 1 aromatic heterocycles. The zero-order valence-electron chi connectivity index (χ0n) is 11.2. The van der Waals surface area contributed by atoms with Gasteiger partial charge in [0.15, 0.2) is 0 Å². The minimum Gasteiger partial charge on any atom is -0.306 e. The fraction of sp³-hybridized carbons (Fsp3) is 0.538. The van der Waals surface area contributed by atoms with Gasteiger partial charge in [-0.3, -0.25) is 9.69 Å². The highest BCUT2D eigenvalue weighted by molar-refractivity contribution is 6.01. The number of nitrogens with zero attached hydrogens (tertiary/aromatic N) is 4. The van der Waals surface area contributed by atoms with Crippen molar-refractivity contribution in [3.05, 3.63) is 24.4 Å². The quantitative estimate of drug-likeness (QED) is 0.749. The van der Waals surface area contributed by atoms with E-state index in [1.807, 2.05) is 35.8 Å². The molecule has 1 aliphatic heterocycles. The molecule has 1 amide bonds. The molecule has 98 valence electrons. The molecule has 0 saturated heterocycles. The number of rotatable bonds is 3. The normalized spacial score (nSPS) is 19.6. The summed E-state index contributed by atoms with van der Waals surface area (Å²) in [5, 5.41) is 4.24. The molecule has 2 heterocycles. The van der Waals surface area contributed by atoms with Gasteiger partial charge in [0.05, 0.1) is 6.20 Å². The fourth-order valence-electron chi connectivity index (χ4n) is 2.11. The number of anilines is 1. The van der Waals surface area contributed by atoms with Crippen LogP contribution in [0.3, 0.4) is 0 Å². The molecule has 1 atom stereocenters. The number of hydrogen-bond donors (Lipinski definition) is 0. The Kier molecular flexibility index (Phi) is 3.81. The Morgan fingerprint density at radius 3 is 3.06 bits per heavy atom. The maximum atomic E-state index is 12.2. The van der Waals surface area contributed by atoms with Crippen LogP contribution in [0.2, 0.25) is 0 Å². The summed E-state index contributed by atoms with van der Waals surface area (Å²) in [5.74, 6) is 1.36. The smallest absolute Gasteiger partial charge is 0.251 e. The maximum absolute atomic E-state index is 12.2. The molecule has 1 aromatic rings. The fourth-order valence-corrected chi connectivity index (χ4v) is 2.11. The molecule has 0 radical (unpaired) electrons. The van der Waals surface area contributed by atoms with Crippen molar-refractivity contribution in [2.24, 2.45) is 5.92 Å². The molecule has 18 heavy (non-hydrogen) atoms. The molecule has 5 heteroatoms. The predicted octanol–water partition coefficient (Wildman–Crippen LogP) is 0.984. The Morgan fingerprint density at radius 2 is 2.33 bits per heavy atom. The van der Waals surface area contributed by atoms with Crippen molar-refractivity contribution in [1.82, 2.24) is 14.7 Å². The molecule has 0 bridgehead atoms. The summed E-state index contributed by atoms with van der Waals surface area (Å²) in [4.78, 5) is 16.0. The standard InChI is InChI=1S/C13H20N4O/c1-11-9-16(12-6-7-14-17(12)10-11)13(18)5-4-8-15(2)3/h4-7,11H,8-10H2,1-3H3/b5-4+. The predicted molar refractivity (Wildman–Crippen MR) is 71.4 cm³/mol. The second-order valence-corrected chi connectivity index (χ2v) is 5.09. The van der Waals surface area contributed by atoms with Crippen LogP contribution in [0, 0.1) is 5.92 Å². The summed E-state index contributed by atoms with van der Waals surface area (Å²) in [6.07, 6.45) is 5.29. The van der Waals surface area contributed by atoms with Crippen LogP contribution in [0.1, 0.15) is 6.92 Å². The molecule has 1 unspecified atom stereocenters. The molecule has 0 fully saturated rings. The van der Waals surface area contributed by atoms with Crippen molar-refractivity contribution in [1.29, 1.82) is 0 Å².